The lowest BCUT2D eigenvalue weighted by Crippen LogP contribution is -2.44. The summed E-state index contributed by atoms with van der Waals surface area (Å²) in [6.45, 7) is 1.53. The molecule has 1 aromatic heterocycles. The summed E-state index contributed by atoms with van der Waals surface area (Å²) in [6.07, 6.45) is 4.13. The Hall–Kier alpha value is -2.99. The molecule has 2 heterocycles. The number of likely N-dealkylation sites (tertiary alicyclic amines) is 1. The van der Waals surface area contributed by atoms with Crippen LogP contribution >= 0.6 is 0 Å². The monoisotopic (exact) mass is 392 g/mol. The molecule has 1 aliphatic rings. The molecule has 2 aromatic carbocycles. The van der Waals surface area contributed by atoms with Crippen molar-refractivity contribution in [1.82, 2.24) is 20.0 Å². The average Bonchev–Trinajstić information content (AvgIpc) is 3.18. The Morgan fingerprint density at radius 2 is 1.79 bits per heavy atom. The maximum atomic E-state index is 13.4. The van der Waals surface area contributed by atoms with E-state index in [4.69, 9.17) is 5.10 Å². The fraction of sp³-hybridized carbons (Fsp3) is 0.304. The van der Waals surface area contributed by atoms with Crippen LogP contribution in [0.1, 0.15) is 18.4 Å². The molecule has 4 rings (SSSR count). The van der Waals surface area contributed by atoms with E-state index in [-0.39, 0.29) is 18.1 Å². The maximum Gasteiger partial charge on any atom is 0.227 e. The highest BCUT2D eigenvalue weighted by molar-refractivity contribution is 5.81. The minimum absolute atomic E-state index is 0.107. The second-order valence-corrected chi connectivity index (χ2v) is 7.41. The van der Waals surface area contributed by atoms with E-state index >= 15 is 0 Å². The van der Waals surface area contributed by atoms with Gasteiger partial charge in [-0.2, -0.15) is 5.10 Å². The third-order valence-electron chi connectivity index (χ3n) is 5.53. The lowest BCUT2D eigenvalue weighted by Gasteiger charge is -2.31. The van der Waals surface area contributed by atoms with E-state index in [0.717, 1.165) is 42.7 Å². The van der Waals surface area contributed by atoms with Crippen molar-refractivity contribution in [2.45, 2.75) is 25.3 Å². The first-order chi connectivity index (χ1) is 14.1. The Morgan fingerprint density at radius 1 is 1.10 bits per heavy atom. The van der Waals surface area contributed by atoms with E-state index in [0.29, 0.717) is 11.7 Å². The fourth-order valence-electron chi connectivity index (χ4n) is 3.80. The molecule has 0 atom stereocenters. The molecule has 5 nitrogen and oxygen atoms in total. The number of benzene rings is 2. The van der Waals surface area contributed by atoms with Gasteiger partial charge in [0.2, 0.25) is 5.91 Å². The summed E-state index contributed by atoms with van der Waals surface area (Å²) in [7, 11) is 1.97. The molecule has 1 aliphatic heterocycles. The van der Waals surface area contributed by atoms with Crippen molar-refractivity contribution < 1.29 is 9.18 Å². The molecule has 0 saturated carbocycles. The summed E-state index contributed by atoms with van der Waals surface area (Å²) >= 11 is 0. The topological polar surface area (TPSA) is 50.2 Å². The van der Waals surface area contributed by atoms with Gasteiger partial charge in [-0.1, -0.05) is 18.2 Å². The predicted molar refractivity (Wildman–Crippen MR) is 111 cm³/mol. The SMILES string of the molecule is CNC1CCN(C(=O)Cc2cn(-c3ccccc3)nc2-c2ccc(F)cc2)CC1. The molecule has 1 N–H and O–H groups in total. The van der Waals surface area contributed by atoms with Gasteiger partial charge in [0.05, 0.1) is 17.8 Å². The molecule has 0 unspecified atom stereocenters. The second-order valence-electron chi connectivity index (χ2n) is 7.41. The van der Waals surface area contributed by atoms with Crippen molar-refractivity contribution in [3.63, 3.8) is 0 Å². The molecular formula is C23H25FN4O. The minimum Gasteiger partial charge on any atom is -0.342 e. The third-order valence-corrected chi connectivity index (χ3v) is 5.53. The van der Waals surface area contributed by atoms with Crippen molar-refractivity contribution >= 4 is 5.91 Å². The quantitative estimate of drug-likeness (QED) is 0.724. The minimum atomic E-state index is -0.290. The van der Waals surface area contributed by atoms with Crippen LogP contribution in [0, 0.1) is 5.82 Å². The number of hydrogen-bond donors (Lipinski definition) is 1. The van der Waals surface area contributed by atoms with Gasteiger partial charge in [-0.25, -0.2) is 9.07 Å². The van der Waals surface area contributed by atoms with Crippen LogP contribution in [-0.2, 0) is 11.2 Å². The molecule has 29 heavy (non-hydrogen) atoms. The Morgan fingerprint density at radius 3 is 2.45 bits per heavy atom. The number of para-hydroxylation sites is 1. The molecule has 150 valence electrons. The molecule has 1 fully saturated rings. The maximum absolute atomic E-state index is 13.4. The molecule has 1 saturated heterocycles. The molecule has 0 spiro atoms. The van der Waals surface area contributed by atoms with Gasteiger partial charge in [0.1, 0.15) is 5.82 Å². The van der Waals surface area contributed by atoms with Crippen LogP contribution in [0.2, 0.25) is 0 Å². The van der Waals surface area contributed by atoms with Crippen LogP contribution in [0.4, 0.5) is 4.39 Å². The number of carbonyl (C=O) groups excluding carboxylic acids is 1. The van der Waals surface area contributed by atoms with Gasteiger partial charge >= 0.3 is 0 Å². The Bertz CT molecular complexity index is 960. The summed E-state index contributed by atoms with van der Waals surface area (Å²) in [5.74, 6) is -0.184. The second kappa shape index (κ2) is 8.57. The van der Waals surface area contributed by atoms with Crippen molar-refractivity contribution in [3.05, 3.63) is 72.2 Å². The van der Waals surface area contributed by atoms with Crippen LogP contribution in [0.25, 0.3) is 16.9 Å². The predicted octanol–water partition coefficient (Wildman–Crippen LogP) is 3.43. The number of piperidine rings is 1. The van der Waals surface area contributed by atoms with Crippen molar-refractivity contribution in [1.29, 1.82) is 0 Å². The van der Waals surface area contributed by atoms with Crippen molar-refractivity contribution in [2.24, 2.45) is 0 Å². The van der Waals surface area contributed by atoms with Gasteiger partial charge < -0.3 is 10.2 Å². The molecular weight excluding hydrogens is 367 g/mol. The van der Waals surface area contributed by atoms with Crippen LogP contribution in [0.3, 0.4) is 0 Å². The average molecular weight is 392 g/mol. The van der Waals surface area contributed by atoms with E-state index in [1.54, 1.807) is 16.8 Å². The van der Waals surface area contributed by atoms with E-state index in [1.807, 2.05) is 48.5 Å². The standard InChI is InChI=1S/C23H25FN4O/c1-25-20-11-13-27(14-12-20)22(29)15-18-16-28(21-5-3-2-4-6-21)26-23(18)17-7-9-19(24)10-8-17/h2-10,16,20,25H,11-15H2,1H3. The van der Waals surface area contributed by atoms with E-state index in [2.05, 4.69) is 5.32 Å². The number of amides is 1. The zero-order valence-electron chi connectivity index (χ0n) is 16.5. The van der Waals surface area contributed by atoms with Gasteiger partial charge in [0.25, 0.3) is 0 Å². The summed E-state index contributed by atoms with van der Waals surface area (Å²) in [5.41, 5.74) is 3.29. The fourth-order valence-corrected chi connectivity index (χ4v) is 3.80. The number of nitrogens with zero attached hydrogens (tertiary/aromatic N) is 3. The first-order valence-electron chi connectivity index (χ1n) is 9.99. The molecule has 0 radical (unpaired) electrons. The van der Waals surface area contributed by atoms with E-state index in [1.165, 1.54) is 12.1 Å². The molecule has 0 bridgehead atoms. The highest BCUT2D eigenvalue weighted by Crippen LogP contribution is 2.25. The highest BCUT2D eigenvalue weighted by Gasteiger charge is 2.24. The van der Waals surface area contributed by atoms with Gasteiger partial charge in [-0.3, -0.25) is 4.79 Å². The molecule has 1 amide bonds. The molecule has 6 heteroatoms. The lowest BCUT2D eigenvalue weighted by atomic mass is 10.0. The van der Waals surface area contributed by atoms with Crippen molar-refractivity contribution in [3.8, 4) is 16.9 Å². The number of nitrogens with one attached hydrogen (secondary N) is 1. The number of halogens is 1. The number of carbonyl (C=O) groups is 1. The van der Waals surface area contributed by atoms with Crippen molar-refractivity contribution in [2.75, 3.05) is 20.1 Å². The zero-order chi connectivity index (χ0) is 20.2. The summed E-state index contributed by atoms with van der Waals surface area (Å²) < 4.78 is 15.2. The normalized spacial score (nSPS) is 14.9. The summed E-state index contributed by atoms with van der Waals surface area (Å²) in [5, 5.41) is 8.01. The first-order valence-corrected chi connectivity index (χ1v) is 9.99. The smallest absolute Gasteiger partial charge is 0.227 e. The van der Waals surface area contributed by atoms with Crippen LogP contribution in [0.5, 0.6) is 0 Å². The molecule has 0 aliphatic carbocycles. The van der Waals surface area contributed by atoms with Gasteiger partial charge in [0.15, 0.2) is 0 Å². The highest BCUT2D eigenvalue weighted by atomic mass is 19.1. The zero-order valence-corrected chi connectivity index (χ0v) is 16.5. The van der Waals surface area contributed by atoms with Gasteiger partial charge in [-0.05, 0) is 56.3 Å². The summed E-state index contributed by atoms with van der Waals surface area (Å²) in [6, 6.07) is 16.5. The number of hydrogen-bond acceptors (Lipinski definition) is 3. The van der Waals surface area contributed by atoms with Crippen LogP contribution in [-0.4, -0.2) is 46.8 Å². The third kappa shape index (κ3) is 4.38. The Kier molecular flexibility index (Phi) is 5.71. The van der Waals surface area contributed by atoms with E-state index in [9.17, 15) is 9.18 Å². The lowest BCUT2D eigenvalue weighted by molar-refractivity contribution is -0.131. The largest absolute Gasteiger partial charge is 0.342 e. The number of rotatable bonds is 5. The first kappa shape index (κ1) is 19.3. The number of aromatic nitrogens is 2. The Labute approximate surface area is 170 Å². The van der Waals surface area contributed by atoms with E-state index < -0.39 is 0 Å². The van der Waals surface area contributed by atoms with Crippen LogP contribution < -0.4 is 5.32 Å². The van der Waals surface area contributed by atoms with Gasteiger partial charge in [0, 0.05) is 36.5 Å². The Balaban J connectivity index is 1.61. The van der Waals surface area contributed by atoms with Gasteiger partial charge in [-0.15, -0.1) is 0 Å². The summed E-state index contributed by atoms with van der Waals surface area (Å²) in [4.78, 5) is 14.9. The molecule has 3 aromatic rings. The van der Waals surface area contributed by atoms with Crippen LogP contribution in [0.15, 0.2) is 60.8 Å².